The summed E-state index contributed by atoms with van der Waals surface area (Å²) in [6, 6.07) is 15.9. The van der Waals surface area contributed by atoms with Crippen molar-refractivity contribution >= 4 is 50.0 Å². The highest BCUT2D eigenvalue weighted by Gasteiger charge is 2.35. The maximum atomic E-state index is 12.8. The summed E-state index contributed by atoms with van der Waals surface area (Å²) in [5.74, 6) is 0.198. The Morgan fingerprint density at radius 3 is 2.79 bits per heavy atom. The highest BCUT2D eigenvalue weighted by atomic mass is 16.5. The molecule has 172 valence electrons. The number of hydrogen-bond acceptors (Lipinski definition) is 8. The Kier molecular flexibility index (Phi) is 4.73. The van der Waals surface area contributed by atoms with Crippen LogP contribution in [0, 0.1) is 0 Å². The van der Waals surface area contributed by atoms with Gasteiger partial charge in [0.1, 0.15) is 12.3 Å². The van der Waals surface area contributed by atoms with E-state index in [1.165, 1.54) is 6.33 Å². The number of nitrogens with one attached hydrogen (secondary N) is 2. The van der Waals surface area contributed by atoms with Crippen LogP contribution in [0.3, 0.4) is 0 Å². The number of aromatic nitrogens is 4. The number of benzene rings is 3. The van der Waals surface area contributed by atoms with E-state index in [1.807, 2.05) is 36.4 Å². The van der Waals surface area contributed by atoms with Gasteiger partial charge in [-0.25, -0.2) is 4.98 Å². The number of H-pyrrole nitrogens is 1. The first-order valence-electron chi connectivity index (χ1n) is 10.9. The van der Waals surface area contributed by atoms with E-state index in [4.69, 9.17) is 10.5 Å². The molecule has 5 aromatic rings. The van der Waals surface area contributed by atoms with E-state index in [1.54, 1.807) is 4.57 Å². The Hall–Kier alpha value is -3.99. The smallest absolute Gasteiger partial charge is 0.280 e. The monoisotopic (exact) mass is 458 g/mol. The van der Waals surface area contributed by atoms with Gasteiger partial charge in [0.25, 0.3) is 5.56 Å². The van der Waals surface area contributed by atoms with Crippen molar-refractivity contribution in [1.29, 1.82) is 0 Å². The minimum absolute atomic E-state index is 0.146. The Labute approximate surface area is 192 Å². The summed E-state index contributed by atoms with van der Waals surface area (Å²) < 4.78 is 7.31. The molecule has 1 fully saturated rings. The van der Waals surface area contributed by atoms with Crippen LogP contribution >= 0.6 is 0 Å². The van der Waals surface area contributed by atoms with Gasteiger partial charge in [-0.15, -0.1) is 0 Å². The summed E-state index contributed by atoms with van der Waals surface area (Å²) in [4.78, 5) is 24.2. The van der Waals surface area contributed by atoms with Gasteiger partial charge in [-0.05, 0) is 22.2 Å². The van der Waals surface area contributed by atoms with Crippen molar-refractivity contribution in [3.63, 3.8) is 0 Å². The first kappa shape index (κ1) is 20.6. The second-order valence-corrected chi connectivity index (χ2v) is 8.39. The third-order valence-electron chi connectivity index (χ3n) is 6.33. The fourth-order valence-electron chi connectivity index (χ4n) is 4.61. The highest BCUT2D eigenvalue weighted by Crippen LogP contribution is 2.36. The van der Waals surface area contributed by atoms with Crippen LogP contribution in [-0.4, -0.2) is 48.5 Å². The summed E-state index contributed by atoms with van der Waals surface area (Å²) in [5, 5.41) is 26.8. The molecule has 3 aromatic carbocycles. The number of nitrogen functional groups attached to an aromatic ring is 1. The van der Waals surface area contributed by atoms with Gasteiger partial charge in [0.15, 0.2) is 11.2 Å². The largest absolute Gasteiger partial charge is 0.397 e. The van der Waals surface area contributed by atoms with E-state index in [-0.39, 0.29) is 24.5 Å². The second kappa shape index (κ2) is 7.80. The van der Waals surface area contributed by atoms with Crippen LogP contribution in [0.5, 0.6) is 0 Å². The summed E-state index contributed by atoms with van der Waals surface area (Å²) in [5.41, 5.74) is 7.47. The summed E-state index contributed by atoms with van der Waals surface area (Å²) in [7, 11) is 0. The summed E-state index contributed by atoms with van der Waals surface area (Å²) >= 11 is 0. The molecule has 0 spiro atoms. The van der Waals surface area contributed by atoms with Crippen molar-refractivity contribution in [2.75, 3.05) is 17.7 Å². The topological polar surface area (TPSA) is 151 Å². The molecule has 0 unspecified atom stereocenters. The van der Waals surface area contributed by atoms with Crippen molar-refractivity contribution < 1.29 is 14.9 Å². The first-order valence-corrected chi connectivity index (χ1v) is 10.9. The fourth-order valence-corrected chi connectivity index (χ4v) is 4.61. The molecule has 0 amide bonds. The van der Waals surface area contributed by atoms with Crippen molar-refractivity contribution in [1.82, 2.24) is 19.5 Å². The number of rotatable bonds is 4. The number of nitrogens with zero attached hydrogens (tertiary/aromatic N) is 3. The van der Waals surface area contributed by atoms with Crippen LogP contribution < -0.4 is 16.6 Å². The average molecular weight is 458 g/mol. The minimum Gasteiger partial charge on any atom is -0.397 e. The SMILES string of the molecule is Nc1ccc2c(ccc3ccccc32)c1Nc1nc2c(ncn2[C@H]2C[C@H](O)[C@@H](CO)O2)c(=O)[nH]1. The molecule has 10 heteroatoms. The molecule has 1 aliphatic rings. The van der Waals surface area contributed by atoms with Gasteiger partial charge >= 0.3 is 0 Å². The number of nitrogens with two attached hydrogens (primary N) is 1. The van der Waals surface area contributed by atoms with Crippen LogP contribution in [0.4, 0.5) is 17.3 Å². The normalized spacial score (nSPS) is 20.5. The highest BCUT2D eigenvalue weighted by molar-refractivity contribution is 6.13. The lowest BCUT2D eigenvalue weighted by Gasteiger charge is -2.15. The van der Waals surface area contributed by atoms with Crippen LogP contribution in [0.1, 0.15) is 12.6 Å². The Bertz CT molecular complexity index is 1610. The van der Waals surface area contributed by atoms with Crippen LogP contribution in [-0.2, 0) is 4.74 Å². The summed E-state index contributed by atoms with van der Waals surface area (Å²) in [6.45, 7) is -0.305. The van der Waals surface area contributed by atoms with Crippen molar-refractivity contribution in [2.24, 2.45) is 0 Å². The van der Waals surface area contributed by atoms with Gasteiger partial charge in [0.2, 0.25) is 5.95 Å². The number of aliphatic hydroxyl groups excluding tert-OH is 2. The predicted octanol–water partition coefficient (Wildman–Crippen LogP) is 2.39. The number of imidazole rings is 1. The lowest BCUT2D eigenvalue weighted by atomic mass is 10.00. The lowest BCUT2D eigenvalue weighted by Crippen LogP contribution is -2.24. The molecule has 1 aliphatic heterocycles. The van der Waals surface area contributed by atoms with Crippen LogP contribution in [0.25, 0.3) is 32.7 Å². The van der Waals surface area contributed by atoms with Crippen molar-refractivity contribution in [3.8, 4) is 0 Å². The van der Waals surface area contributed by atoms with Crippen molar-refractivity contribution in [2.45, 2.75) is 24.9 Å². The maximum Gasteiger partial charge on any atom is 0.280 e. The number of anilines is 3. The molecule has 10 nitrogen and oxygen atoms in total. The van der Waals surface area contributed by atoms with Gasteiger partial charge in [-0.3, -0.25) is 14.3 Å². The third kappa shape index (κ3) is 3.19. The van der Waals surface area contributed by atoms with Crippen LogP contribution in [0.2, 0.25) is 0 Å². The Balaban J connectivity index is 1.45. The van der Waals surface area contributed by atoms with E-state index in [0.29, 0.717) is 17.0 Å². The maximum absolute atomic E-state index is 12.8. The zero-order chi connectivity index (χ0) is 23.4. The number of hydrogen-bond donors (Lipinski definition) is 5. The molecule has 0 radical (unpaired) electrons. The van der Waals surface area contributed by atoms with Gasteiger partial charge < -0.3 is 26.0 Å². The molecule has 3 heterocycles. The molecule has 0 bridgehead atoms. The lowest BCUT2D eigenvalue weighted by molar-refractivity contribution is -0.0432. The quantitative estimate of drug-likeness (QED) is 0.203. The van der Waals surface area contributed by atoms with Gasteiger partial charge in [0, 0.05) is 11.8 Å². The molecule has 0 aliphatic carbocycles. The molecule has 6 N–H and O–H groups in total. The molecule has 2 aromatic heterocycles. The summed E-state index contributed by atoms with van der Waals surface area (Å²) in [6.07, 6.45) is -0.429. The number of aliphatic hydroxyl groups is 2. The van der Waals surface area contributed by atoms with Gasteiger partial charge in [-0.2, -0.15) is 4.98 Å². The molecular formula is C24H22N6O4. The molecule has 6 rings (SSSR count). The molecule has 0 saturated carbocycles. The van der Waals surface area contributed by atoms with E-state index in [9.17, 15) is 15.0 Å². The van der Waals surface area contributed by atoms with E-state index < -0.39 is 24.0 Å². The van der Waals surface area contributed by atoms with Gasteiger partial charge in [-0.1, -0.05) is 42.5 Å². The average Bonchev–Trinajstić information content (AvgIpc) is 3.43. The Morgan fingerprint density at radius 2 is 1.97 bits per heavy atom. The second-order valence-electron chi connectivity index (χ2n) is 8.39. The minimum atomic E-state index is -0.822. The fraction of sp³-hybridized carbons (Fsp3) is 0.208. The van der Waals surface area contributed by atoms with E-state index >= 15 is 0 Å². The number of aromatic amines is 1. The van der Waals surface area contributed by atoms with E-state index in [2.05, 4.69) is 32.4 Å². The predicted molar refractivity (Wildman–Crippen MR) is 129 cm³/mol. The number of fused-ring (bicyclic) bond motifs is 4. The van der Waals surface area contributed by atoms with Crippen LogP contribution in [0.15, 0.2) is 59.7 Å². The molecule has 1 saturated heterocycles. The van der Waals surface area contributed by atoms with Crippen molar-refractivity contribution in [3.05, 3.63) is 65.2 Å². The first-order chi connectivity index (χ1) is 16.5. The molecule has 34 heavy (non-hydrogen) atoms. The molecular weight excluding hydrogens is 436 g/mol. The molecule has 3 atom stereocenters. The zero-order valence-electron chi connectivity index (χ0n) is 18.0. The van der Waals surface area contributed by atoms with E-state index in [0.717, 1.165) is 21.5 Å². The zero-order valence-corrected chi connectivity index (χ0v) is 18.0. The standard InChI is InChI=1S/C24H22N6O4/c25-16-8-7-14-13-4-2-1-3-12(13)5-6-15(14)20(16)27-24-28-22-21(23(33)29-24)26-11-30(22)19-9-17(32)18(10-31)34-19/h1-8,11,17-19,31-32H,9-10,25H2,(H2,27,28,29,33)/t17-,18+,19+/m0/s1. The number of ether oxygens (including phenoxy) is 1. The van der Waals surface area contributed by atoms with Gasteiger partial charge in [0.05, 0.1) is 30.4 Å². The Morgan fingerprint density at radius 1 is 1.15 bits per heavy atom. The third-order valence-corrected chi connectivity index (χ3v) is 6.33.